The molecule has 2 rings (SSSR count). The zero-order valence-corrected chi connectivity index (χ0v) is 12.3. The fourth-order valence-corrected chi connectivity index (χ4v) is 2.89. The molecule has 1 aliphatic rings. The van der Waals surface area contributed by atoms with Crippen LogP contribution in [-0.2, 0) is 0 Å². The Balaban J connectivity index is 2.04. The molecule has 1 aromatic rings. The van der Waals surface area contributed by atoms with Crippen LogP contribution in [0.25, 0.3) is 6.08 Å². The first-order chi connectivity index (χ1) is 8.15. The largest absolute Gasteiger partial charge is 0.310 e. The van der Waals surface area contributed by atoms with Gasteiger partial charge in [0.2, 0.25) is 0 Å². The van der Waals surface area contributed by atoms with Crippen molar-refractivity contribution in [1.29, 1.82) is 0 Å². The van der Waals surface area contributed by atoms with Gasteiger partial charge in [0.05, 0.1) is 0 Å². The van der Waals surface area contributed by atoms with Crippen LogP contribution in [0.3, 0.4) is 0 Å². The Bertz CT molecular complexity index is 417. The number of nitrogens with one attached hydrogen (secondary N) is 1. The molecule has 92 valence electrons. The Hall–Kier alpha value is -0.310. The SMILES string of the molecule is CC1CCNC(/C=C/c2ccc(Br)cc2Cl)C1. The fraction of sp³-hybridized carbons (Fsp3) is 0.429. The van der Waals surface area contributed by atoms with Crippen LogP contribution in [0.1, 0.15) is 25.3 Å². The Morgan fingerprint density at radius 3 is 3.00 bits per heavy atom. The number of hydrogen-bond acceptors (Lipinski definition) is 1. The first-order valence-electron chi connectivity index (χ1n) is 6.02. The second-order valence-electron chi connectivity index (χ2n) is 4.72. The molecular weight excluding hydrogens is 298 g/mol. The van der Waals surface area contributed by atoms with Crippen molar-refractivity contribution in [2.45, 2.75) is 25.8 Å². The molecule has 2 unspecified atom stereocenters. The predicted molar refractivity (Wildman–Crippen MR) is 78.4 cm³/mol. The van der Waals surface area contributed by atoms with Crippen LogP contribution >= 0.6 is 27.5 Å². The minimum atomic E-state index is 0.485. The molecule has 0 aliphatic carbocycles. The zero-order chi connectivity index (χ0) is 12.3. The molecule has 17 heavy (non-hydrogen) atoms. The molecule has 0 radical (unpaired) electrons. The zero-order valence-electron chi connectivity index (χ0n) is 9.92. The Labute approximate surface area is 116 Å². The topological polar surface area (TPSA) is 12.0 Å². The lowest BCUT2D eigenvalue weighted by Crippen LogP contribution is -2.35. The second-order valence-corrected chi connectivity index (χ2v) is 6.04. The molecule has 1 aliphatic heterocycles. The van der Waals surface area contributed by atoms with E-state index in [2.05, 4.69) is 40.3 Å². The molecule has 3 heteroatoms. The van der Waals surface area contributed by atoms with Crippen molar-refractivity contribution in [1.82, 2.24) is 5.32 Å². The van der Waals surface area contributed by atoms with Crippen molar-refractivity contribution in [3.63, 3.8) is 0 Å². The van der Waals surface area contributed by atoms with Crippen molar-refractivity contribution < 1.29 is 0 Å². The van der Waals surface area contributed by atoms with E-state index >= 15 is 0 Å². The van der Waals surface area contributed by atoms with Crippen LogP contribution in [0.4, 0.5) is 0 Å². The Morgan fingerprint density at radius 1 is 1.47 bits per heavy atom. The van der Waals surface area contributed by atoms with Gasteiger partial charge in [0.15, 0.2) is 0 Å². The van der Waals surface area contributed by atoms with E-state index in [9.17, 15) is 0 Å². The molecule has 1 fully saturated rings. The van der Waals surface area contributed by atoms with Crippen molar-refractivity contribution in [3.05, 3.63) is 39.3 Å². The third-order valence-corrected chi connectivity index (χ3v) is 3.99. The maximum atomic E-state index is 6.17. The maximum absolute atomic E-state index is 6.17. The molecule has 0 saturated carbocycles. The third-order valence-electron chi connectivity index (χ3n) is 3.17. The van der Waals surface area contributed by atoms with Crippen LogP contribution in [0, 0.1) is 5.92 Å². The van der Waals surface area contributed by atoms with Gasteiger partial charge in [-0.2, -0.15) is 0 Å². The summed E-state index contributed by atoms with van der Waals surface area (Å²) < 4.78 is 1.02. The average molecular weight is 315 g/mol. The Morgan fingerprint density at radius 2 is 2.29 bits per heavy atom. The summed E-state index contributed by atoms with van der Waals surface area (Å²) in [5, 5.41) is 4.30. The number of hydrogen-bond donors (Lipinski definition) is 1. The van der Waals surface area contributed by atoms with E-state index in [1.807, 2.05) is 18.2 Å². The van der Waals surface area contributed by atoms with E-state index in [4.69, 9.17) is 11.6 Å². The second kappa shape index (κ2) is 6.03. The van der Waals surface area contributed by atoms with Gasteiger partial charge in [-0.3, -0.25) is 0 Å². The van der Waals surface area contributed by atoms with E-state index in [1.165, 1.54) is 12.8 Å². The number of halogens is 2. The standard InChI is InChI=1S/C14H17BrClN/c1-10-6-7-17-13(8-10)5-3-11-2-4-12(15)9-14(11)16/h2-5,9-10,13,17H,6-8H2,1H3/b5-3+. The number of benzene rings is 1. The minimum absolute atomic E-state index is 0.485. The van der Waals surface area contributed by atoms with Crippen molar-refractivity contribution in [2.24, 2.45) is 5.92 Å². The molecule has 0 spiro atoms. The van der Waals surface area contributed by atoms with E-state index < -0.39 is 0 Å². The highest BCUT2D eigenvalue weighted by Gasteiger charge is 2.15. The van der Waals surface area contributed by atoms with Crippen LogP contribution in [0.15, 0.2) is 28.7 Å². The molecule has 1 aromatic carbocycles. The molecule has 1 nitrogen and oxygen atoms in total. The van der Waals surface area contributed by atoms with Gasteiger partial charge < -0.3 is 5.32 Å². The summed E-state index contributed by atoms with van der Waals surface area (Å²) in [6.45, 7) is 3.43. The molecular formula is C14H17BrClN. The predicted octanol–water partition coefficient (Wildman–Crippen LogP) is 4.50. The first kappa shape index (κ1) is 13.1. The van der Waals surface area contributed by atoms with Crippen LogP contribution in [0.5, 0.6) is 0 Å². The molecule has 2 atom stereocenters. The summed E-state index contributed by atoms with van der Waals surface area (Å²) in [5.74, 6) is 0.811. The Kier molecular flexibility index (Phi) is 4.66. The molecule has 1 saturated heterocycles. The smallest absolute Gasteiger partial charge is 0.0489 e. The van der Waals surface area contributed by atoms with Gasteiger partial charge in [0, 0.05) is 15.5 Å². The van der Waals surface area contributed by atoms with Gasteiger partial charge in [-0.25, -0.2) is 0 Å². The van der Waals surface area contributed by atoms with E-state index in [0.717, 1.165) is 27.5 Å². The van der Waals surface area contributed by atoms with E-state index in [-0.39, 0.29) is 0 Å². The number of piperidine rings is 1. The van der Waals surface area contributed by atoms with E-state index in [0.29, 0.717) is 6.04 Å². The highest BCUT2D eigenvalue weighted by molar-refractivity contribution is 9.10. The molecule has 0 bridgehead atoms. The van der Waals surface area contributed by atoms with E-state index in [1.54, 1.807) is 0 Å². The number of rotatable bonds is 2. The minimum Gasteiger partial charge on any atom is -0.310 e. The van der Waals surface area contributed by atoms with Gasteiger partial charge in [-0.15, -0.1) is 0 Å². The summed E-state index contributed by atoms with van der Waals surface area (Å²) in [6, 6.07) is 6.47. The fourth-order valence-electron chi connectivity index (χ4n) is 2.15. The summed E-state index contributed by atoms with van der Waals surface area (Å²) in [6.07, 6.45) is 6.84. The molecule has 1 heterocycles. The third kappa shape index (κ3) is 3.84. The summed E-state index contributed by atoms with van der Waals surface area (Å²) in [4.78, 5) is 0. The van der Waals surface area contributed by atoms with Gasteiger partial charge in [-0.1, -0.05) is 52.7 Å². The summed E-state index contributed by atoms with van der Waals surface area (Å²) >= 11 is 9.59. The highest BCUT2D eigenvalue weighted by atomic mass is 79.9. The summed E-state index contributed by atoms with van der Waals surface area (Å²) in [7, 11) is 0. The lowest BCUT2D eigenvalue weighted by atomic mass is 9.94. The van der Waals surface area contributed by atoms with Crippen LogP contribution in [-0.4, -0.2) is 12.6 Å². The van der Waals surface area contributed by atoms with Crippen LogP contribution in [0.2, 0.25) is 5.02 Å². The first-order valence-corrected chi connectivity index (χ1v) is 7.19. The molecule has 0 amide bonds. The maximum Gasteiger partial charge on any atom is 0.0489 e. The normalized spacial score (nSPS) is 25.4. The van der Waals surface area contributed by atoms with Gasteiger partial charge in [0.1, 0.15) is 0 Å². The van der Waals surface area contributed by atoms with Gasteiger partial charge in [0.25, 0.3) is 0 Å². The van der Waals surface area contributed by atoms with Gasteiger partial charge >= 0.3 is 0 Å². The molecule has 1 N–H and O–H groups in total. The lowest BCUT2D eigenvalue weighted by Gasteiger charge is -2.25. The van der Waals surface area contributed by atoms with Crippen LogP contribution < -0.4 is 5.32 Å². The lowest BCUT2D eigenvalue weighted by molar-refractivity contribution is 0.357. The average Bonchev–Trinajstić information content (AvgIpc) is 2.28. The van der Waals surface area contributed by atoms with Crippen molar-refractivity contribution >= 4 is 33.6 Å². The monoisotopic (exact) mass is 313 g/mol. The van der Waals surface area contributed by atoms with Crippen molar-refractivity contribution in [3.8, 4) is 0 Å². The molecule has 0 aromatic heterocycles. The summed E-state index contributed by atoms with van der Waals surface area (Å²) in [5.41, 5.74) is 1.08. The quantitative estimate of drug-likeness (QED) is 0.847. The van der Waals surface area contributed by atoms with Crippen molar-refractivity contribution in [2.75, 3.05) is 6.54 Å². The van der Waals surface area contributed by atoms with Gasteiger partial charge in [-0.05, 0) is 43.0 Å². The highest BCUT2D eigenvalue weighted by Crippen LogP contribution is 2.23.